The van der Waals surface area contributed by atoms with Gasteiger partial charge in [-0.2, -0.15) is 0 Å². The molecule has 2 amide bonds. The van der Waals surface area contributed by atoms with Crippen LogP contribution in [0, 0.1) is 0 Å². The minimum absolute atomic E-state index is 0.221. The Hall–Kier alpha value is -3.50. The number of ketones is 1. The number of halogens is 1. The molecule has 10 nitrogen and oxygen atoms in total. The molecule has 0 saturated carbocycles. The van der Waals surface area contributed by atoms with E-state index in [-0.39, 0.29) is 6.10 Å². The van der Waals surface area contributed by atoms with Gasteiger partial charge in [-0.25, -0.2) is 14.8 Å². The van der Waals surface area contributed by atoms with Gasteiger partial charge in [0.15, 0.2) is 0 Å². The van der Waals surface area contributed by atoms with E-state index in [4.69, 9.17) is 16.3 Å². The Morgan fingerprint density at radius 2 is 2.06 bits per heavy atom. The number of imidazole rings is 1. The van der Waals surface area contributed by atoms with Gasteiger partial charge in [0.25, 0.3) is 0 Å². The molecule has 1 fully saturated rings. The lowest BCUT2D eigenvalue weighted by Gasteiger charge is -2.09. The summed E-state index contributed by atoms with van der Waals surface area (Å²) in [6.45, 7) is 5.15. The van der Waals surface area contributed by atoms with E-state index in [1.54, 1.807) is 48.8 Å². The number of likely N-dealkylation sites (tertiary alicyclic amines) is 1. The van der Waals surface area contributed by atoms with Crippen molar-refractivity contribution in [2.75, 3.05) is 30.8 Å². The molecule has 33 heavy (non-hydrogen) atoms. The average Bonchev–Trinajstić information content (AvgIpc) is 3.34. The highest BCUT2D eigenvalue weighted by Crippen LogP contribution is 2.30. The lowest BCUT2D eigenvalue weighted by atomic mass is 10.1. The Morgan fingerprint density at radius 1 is 1.27 bits per heavy atom. The Balaban J connectivity index is 0.000000374. The largest absolute Gasteiger partial charge is 0.447 e. The molecular weight excluding hydrogens is 448 g/mol. The van der Waals surface area contributed by atoms with E-state index >= 15 is 0 Å². The van der Waals surface area contributed by atoms with Crippen molar-refractivity contribution >= 4 is 47.0 Å². The zero-order valence-electron chi connectivity index (χ0n) is 18.5. The number of carbonyl (C=O) groups excluding carboxylic acids is 3. The van der Waals surface area contributed by atoms with Gasteiger partial charge in [-0.05, 0) is 39.1 Å². The van der Waals surface area contributed by atoms with E-state index in [1.165, 1.54) is 6.20 Å². The first-order chi connectivity index (χ1) is 15.7. The van der Waals surface area contributed by atoms with Crippen LogP contribution >= 0.6 is 11.6 Å². The summed E-state index contributed by atoms with van der Waals surface area (Å²) in [7, 11) is 1.96. The molecule has 3 heterocycles. The second kappa shape index (κ2) is 10.9. The maximum atomic E-state index is 11.7. The van der Waals surface area contributed by atoms with Crippen LogP contribution < -0.4 is 10.6 Å². The Bertz CT molecular complexity index is 1160. The smallest absolute Gasteiger partial charge is 0.411 e. The number of fused-ring (bicyclic) bond motifs is 1. The van der Waals surface area contributed by atoms with E-state index in [2.05, 4.69) is 20.6 Å². The van der Waals surface area contributed by atoms with Gasteiger partial charge in [-0.1, -0.05) is 11.6 Å². The van der Waals surface area contributed by atoms with Crippen LogP contribution in [-0.2, 0) is 14.3 Å². The molecule has 174 valence electrons. The Morgan fingerprint density at radius 3 is 2.67 bits per heavy atom. The van der Waals surface area contributed by atoms with E-state index in [0.29, 0.717) is 52.2 Å². The van der Waals surface area contributed by atoms with Crippen molar-refractivity contribution in [1.29, 1.82) is 0 Å². The molecule has 11 heteroatoms. The molecule has 4 rings (SSSR count). The van der Waals surface area contributed by atoms with E-state index in [9.17, 15) is 14.4 Å². The van der Waals surface area contributed by atoms with Crippen LogP contribution in [0.15, 0.2) is 36.8 Å². The summed E-state index contributed by atoms with van der Waals surface area (Å²) in [6, 6.07) is 5.09. The summed E-state index contributed by atoms with van der Waals surface area (Å²) in [5.41, 5.74) is 2.30. The van der Waals surface area contributed by atoms with Crippen LogP contribution in [0.4, 0.5) is 16.2 Å². The average molecular weight is 473 g/mol. The highest BCUT2D eigenvalue weighted by Gasteiger charge is 2.14. The fraction of sp³-hybridized carbons (Fsp3) is 0.318. The predicted molar refractivity (Wildman–Crippen MR) is 125 cm³/mol. The van der Waals surface area contributed by atoms with Crippen LogP contribution in [0.3, 0.4) is 0 Å². The summed E-state index contributed by atoms with van der Waals surface area (Å²) < 4.78 is 6.70. The van der Waals surface area contributed by atoms with Crippen molar-refractivity contribution < 1.29 is 19.1 Å². The maximum Gasteiger partial charge on any atom is 0.411 e. The Labute approximate surface area is 195 Å². The maximum absolute atomic E-state index is 11.7. The number of anilines is 2. The third-order valence-electron chi connectivity index (χ3n) is 4.59. The Kier molecular flexibility index (Phi) is 7.96. The highest BCUT2D eigenvalue weighted by atomic mass is 35.5. The first-order valence-electron chi connectivity index (χ1n) is 10.3. The SMILES string of the molecule is CC(C)OC(=O)Nc1cnc2nc(-c3cc(NC=O)ccc3Cl)cn2c1.CN1CCC(=O)C1. The van der Waals surface area contributed by atoms with E-state index < -0.39 is 6.09 Å². The second-order valence-electron chi connectivity index (χ2n) is 7.74. The van der Waals surface area contributed by atoms with Crippen molar-refractivity contribution in [3.05, 3.63) is 41.8 Å². The van der Waals surface area contributed by atoms with Crippen molar-refractivity contribution in [3.63, 3.8) is 0 Å². The third kappa shape index (κ3) is 6.74. The number of nitrogens with one attached hydrogen (secondary N) is 2. The molecule has 1 aliphatic rings. The normalized spacial score (nSPS) is 13.5. The molecule has 0 aliphatic carbocycles. The quantitative estimate of drug-likeness (QED) is 0.546. The summed E-state index contributed by atoms with van der Waals surface area (Å²) in [5, 5.41) is 5.67. The number of hydrogen-bond acceptors (Lipinski definition) is 7. The minimum atomic E-state index is -0.558. The molecule has 0 radical (unpaired) electrons. The number of likely N-dealkylation sites (N-methyl/N-ethyl adjacent to an activating group) is 1. The van der Waals surface area contributed by atoms with Crippen molar-refractivity contribution in [2.45, 2.75) is 26.4 Å². The minimum Gasteiger partial charge on any atom is -0.447 e. The number of hydrogen-bond donors (Lipinski definition) is 2. The van der Waals surface area contributed by atoms with Gasteiger partial charge in [0.05, 0.1) is 35.2 Å². The first kappa shape index (κ1) is 24.1. The summed E-state index contributed by atoms with van der Waals surface area (Å²) in [4.78, 5) is 43.4. The number of benzene rings is 1. The van der Waals surface area contributed by atoms with Gasteiger partial charge in [0, 0.05) is 36.6 Å². The topological polar surface area (TPSA) is 118 Å². The molecule has 2 N–H and O–H groups in total. The van der Waals surface area contributed by atoms with Crippen LogP contribution in [0.2, 0.25) is 5.02 Å². The van der Waals surface area contributed by atoms with Crippen LogP contribution in [0.25, 0.3) is 17.0 Å². The number of carbonyl (C=O) groups is 3. The number of ether oxygens (including phenoxy) is 1. The molecule has 1 saturated heterocycles. The van der Waals surface area contributed by atoms with Crippen LogP contribution in [0.5, 0.6) is 0 Å². The molecule has 0 spiro atoms. The summed E-state index contributed by atoms with van der Waals surface area (Å²) in [5.74, 6) is 0.815. The molecule has 1 aliphatic heterocycles. The van der Waals surface area contributed by atoms with E-state index in [1.807, 2.05) is 11.9 Å². The predicted octanol–water partition coefficient (Wildman–Crippen LogP) is 3.47. The number of rotatable bonds is 5. The van der Waals surface area contributed by atoms with Crippen molar-refractivity contribution in [3.8, 4) is 11.3 Å². The molecular formula is C22H25ClN6O4. The summed E-state index contributed by atoms with van der Waals surface area (Å²) in [6.07, 6.45) is 5.45. The lowest BCUT2D eigenvalue weighted by Crippen LogP contribution is -2.18. The third-order valence-corrected chi connectivity index (χ3v) is 4.92. The standard InChI is InChI=1S/C17H16ClN5O3.C5H9NO/c1-10(2)26-17(25)21-12-6-19-16-22-15(8-23(16)7-12)13-5-11(20-9-24)3-4-14(13)18;1-6-3-2-5(7)4-6/h3-10H,1-2H3,(H,20,24)(H,21,25);2-4H2,1H3. The molecule has 0 atom stereocenters. The van der Waals surface area contributed by atoms with Gasteiger partial charge in [-0.3, -0.25) is 24.2 Å². The van der Waals surface area contributed by atoms with Crippen molar-refractivity contribution in [1.82, 2.24) is 19.3 Å². The van der Waals surface area contributed by atoms with Crippen molar-refractivity contribution in [2.24, 2.45) is 0 Å². The van der Waals surface area contributed by atoms with Crippen LogP contribution in [-0.4, -0.2) is 63.8 Å². The monoisotopic (exact) mass is 472 g/mol. The number of nitrogens with zero attached hydrogens (tertiary/aromatic N) is 4. The lowest BCUT2D eigenvalue weighted by molar-refractivity contribution is -0.116. The van der Waals surface area contributed by atoms with Gasteiger partial charge in [0.2, 0.25) is 12.2 Å². The van der Waals surface area contributed by atoms with Gasteiger partial charge in [0.1, 0.15) is 5.78 Å². The van der Waals surface area contributed by atoms with Gasteiger partial charge >= 0.3 is 6.09 Å². The molecule has 0 bridgehead atoms. The summed E-state index contributed by atoms with van der Waals surface area (Å²) >= 11 is 6.25. The number of amides is 2. The molecule has 1 aromatic carbocycles. The van der Waals surface area contributed by atoms with Gasteiger partial charge in [-0.15, -0.1) is 0 Å². The fourth-order valence-corrected chi connectivity index (χ4v) is 3.31. The zero-order chi connectivity index (χ0) is 24.0. The second-order valence-corrected chi connectivity index (χ2v) is 8.15. The number of aromatic nitrogens is 3. The highest BCUT2D eigenvalue weighted by molar-refractivity contribution is 6.33. The molecule has 3 aromatic rings. The first-order valence-corrected chi connectivity index (χ1v) is 10.7. The molecule has 2 aromatic heterocycles. The van der Waals surface area contributed by atoms with E-state index in [0.717, 1.165) is 13.0 Å². The van der Waals surface area contributed by atoms with Gasteiger partial charge < -0.3 is 10.1 Å². The zero-order valence-corrected chi connectivity index (χ0v) is 19.3. The number of Topliss-reactive ketones (excluding diaryl/α,β-unsaturated/α-hetero) is 1. The fourth-order valence-electron chi connectivity index (χ4n) is 3.09. The van der Waals surface area contributed by atoms with Crippen LogP contribution in [0.1, 0.15) is 20.3 Å². The molecule has 0 unspecified atom stereocenters.